The summed E-state index contributed by atoms with van der Waals surface area (Å²) in [6, 6.07) is 0.769. The van der Waals surface area contributed by atoms with Gasteiger partial charge >= 0.3 is 5.97 Å². The molecular weight excluding hydrogens is 274 g/mol. The molecule has 2 aromatic rings. The van der Waals surface area contributed by atoms with Gasteiger partial charge in [0, 0.05) is 11.9 Å². The minimum Gasteiger partial charge on any atom is -0.480 e. The van der Waals surface area contributed by atoms with Crippen molar-refractivity contribution in [2.75, 3.05) is 0 Å². The number of hydrogen-bond acceptors (Lipinski definition) is 5. The molecule has 2 rings (SSSR count). The first-order valence-electron chi connectivity index (χ1n) is 6.66. The van der Waals surface area contributed by atoms with E-state index in [9.17, 15) is 14.7 Å². The SMILES string of the molecule is CCC(C)C(NC(=O)c1nc2nccc(C)n2n1)C(=O)O. The van der Waals surface area contributed by atoms with E-state index in [-0.39, 0.29) is 11.7 Å². The van der Waals surface area contributed by atoms with Gasteiger partial charge in [-0.3, -0.25) is 4.79 Å². The molecule has 8 heteroatoms. The van der Waals surface area contributed by atoms with E-state index in [2.05, 4.69) is 20.4 Å². The third-order valence-electron chi connectivity index (χ3n) is 3.40. The molecular formula is C13H17N5O3. The fraction of sp³-hybridized carbons (Fsp3) is 0.462. The molecule has 0 fully saturated rings. The number of aryl methyl sites for hydroxylation is 1. The van der Waals surface area contributed by atoms with Gasteiger partial charge in [-0.05, 0) is 18.9 Å². The van der Waals surface area contributed by atoms with Gasteiger partial charge in [0.25, 0.3) is 11.7 Å². The van der Waals surface area contributed by atoms with E-state index in [1.165, 1.54) is 4.52 Å². The molecule has 112 valence electrons. The molecule has 2 atom stereocenters. The zero-order valence-corrected chi connectivity index (χ0v) is 12.1. The lowest BCUT2D eigenvalue weighted by Crippen LogP contribution is -2.45. The van der Waals surface area contributed by atoms with Crippen molar-refractivity contribution in [1.29, 1.82) is 0 Å². The van der Waals surface area contributed by atoms with E-state index in [1.807, 2.05) is 13.8 Å². The summed E-state index contributed by atoms with van der Waals surface area (Å²) >= 11 is 0. The minimum absolute atomic E-state index is 0.0913. The maximum atomic E-state index is 12.1. The van der Waals surface area contributed by atoms with Crippen LogP contribution < -0.4 is 5.32 Å². The highest BCUT2D eigenvalue weighted by atomic mass is 16.4. The molecule has 0 aliphatic rings. The third kappa shape index (κ3) is 2.99. The Morgan fingerprint density at radius 3 is 2.76 bits per heavy atom. The average molecular weight is 291 g/mol. The summed E-state index contributed by atoms with van der Waals surface area (Å²) in [7, 11) is 0. The molecule has 0 saturated heterocycles. The van der Waals surface area contributed by atoms with E-state index < -0.39 is 17.9 Å². The molecule has 8 nitrogen and oxygen atoms in total. The smallest absolute Gasteiger partial charge is 0.326 e. The maximum absolute atomic E-state index is 12.1. The highest BCUT2D eigenvalue weighted by Crippen LogP contribution is 2.09. The zero-order chi connectivity index (χ0) is 15.6. The van der Waals surface area contributed by atoms with Crippen LogP contribution >= 0.6 is 0 Å². The topological polar surface area (TPSA) is 109 Å². The number of fused-ring (bicyclic) bond motifs is 1. The lowest BCUT2D eigenvalue weighted by atomic mass is 9.99. The summed E-state index contributed by atoms with van der Waals surface area (Å²) in [4.78, 5) is 31.4. The Bertz CT molecular complexity index is 681. The number of aromatic nitrogens is 4. The van der Waals surface area contributed by atoms with Crippen LogP contribution in [0.2, 0.25) is 0 Å². The molecule has 0 spiro atoms. The van der Waals surface area contributed by atoms with Gasteiger partial charge in [-0.2, -0.15) is 4.98 Å². The second-order valence-electron chi connectivity index (χ2n) is 4.91. The lowest BCUT2D eigenvalue weighted by Gasteiger charge is -2.19. The summed E-state index contributed by atoms with van der Waals surface area (Å²) in [6.07, 6.45) is 2.21. The van der Waals surface area contributed by atoms with Crippen LogP contribution in [0.25, 0.3) is 5.78 Å². The number of amides is 1. The van der Waals surface area contributed by atoms with Gasteiger partial charge in [0.05, 0.1) is 0 Å². The number of carboxylic acids is 1. The fourth-order valence-electron chi connectivity index (χ4n) is 1.89. The van der Waals surface area contributed by atoms with Crippen molar-refractivity contribution in [3.05, 3.63) is 23.8 Å². The maximum Gasteiger partial charge on any atom is 0.326 e. The second-order valence-corrected chi connectivity index (χ2v) is 4.91. The molecule has 2 heterocycles. The van der Waals surface area contributed by atoms with Crippen molar-refractivity contribution in [3.8, 4) is 0 Å². The molecule has 0 aliphatic carbocycles. The predicted molar refractivity (Wildman–Crippen MR) is 73.9 cm³/mol. The van der Waals surface area contributed by atoms with Gasteiger partial charge in [0.2, 0.25) is 5.82 Å². The van der Waals surface area contributed by atoms with Gasteiger partial charge in [-0.15, -0.1) is 5.10 Å². The Labute approximate surface area is 121 Å². The standard InChI is InChI=1S/C13H17N5O3/c1-4-7(2)9(12(20)21)15-11(19)10-16-13-14-6-5-8(3)18(13)17-10/h5-7,9H,4H2,1-3H3,(H,15,19)(H,20,21). The Hall–Kier alpha value is -2.51. The predicted octanol–water partition coefficient (Wildman–Crippen LogP) is 0.662. The largest absolute Gasteiger partial charge is 0.480 e. The molecule has 2 aromatic heterocycles. The first kappa shape index (κ1) is 14.9. The fourth-order valence-corrected chi connectivity index (χ4v) is 1.89. The van der Waals surface area contributed by atoms with Crippen LogP contribution in [-0.2, 0) is 4.79 Å². The van der Waals surface area contributed by atoms with Gasteiger partial charge in [0.1, 0.15) is 6.04 Å². The van der Waals surface area contributed by atoms with E-state index in [4.69, 9.17) is 0 Å². The average Bonchev–Trinajstić information content (AvgIpc) is 2.89. The molecule has 21 heavy (non-hydrogen) atoms. The van der Waals surface area contributed by atoms with Crippen LogP contribution in [0.1, 0.15) is 36.6 Å². The van der Waals surface area contributed by atoms with Crippen LogP contribution in [0, 0.1) is 12.8 Å². The number of hydrogen-bond donors (Lipinski definition) is 2. The molecule has 0 saturated carbocycles. The quantitative estimate of drug-likeness (QED) is 0.837. The van der Waals surface area contributed by atoms with Crippen molar-refractivity contribution in [1.82, 2.24) is 24.9 Å². The van der Waals surface area contributed by atoms with Crippen LogP contribution in [0.15, 0.2) is 12.3 Å². The number of nitrogens with one attached hydrogen (secondary N) is 1. The third-order valence-corrected chi connectivity index (χ3v) is 3.40. The Morgan fingerprint density at radius 1 is 1.48 bits per heavy atom. The Morgan fingerprint density at radius 2 is 2.19 bits per heavy atom. The number of nitrogens with zero attached hydrogens (tertiary/aromatic N) is 4. The number of rotatable bonds is 5. The number of aliphatic carboxylic acids is 1. The number of carboxylic acid groups (broad SMARTS) is 1. The van der Waals surface area contributed by atoms with Crippen LogP contribution in [-0.4, -0.2) is 42.6 Å². The van der Waals surface area contributed by atoms with E-state index >= 15 is 0 Å². The molecule has 1 amide bonds. The Balaban J connectivity index is 2.25. The van der Waals surface area contributed by atoms with Gasteiger partial charge < -0.3 is 10.4 Å². The van der Waals surface area contributed by atoms with Gasteiger partial charge in [0.15, 0.2) is 0 Å². The van der Waals surface area contributed by atoms with E-state index in [0.29, 0.717) is 12.2 Å². The minimum atomic E-state index is -1.07. The molecule has 0 aliphatic heterocycles. The van der Waals surface area contributed by atoms with Crippen molar-refractivity contribution in [3.63, 3.8) is 0 Å². The van der Waals surface area contributed by atoms with Crippen molar-refractivity contribution in [2.24, 2.45) is 5.92 Å². The monoisotopic (exact) mass is 291 g/mol. The van der Waals surface area contributed by atoms with Crippen molar-refractivity contribution >= 4 is 17.7 Å². The molecule has 2 N–H and O–H groups in total. The Kier molecular flexibility index (Phi) is 4.15. The molecule has 0 bridgehead atoms. The van der Waals surface area contributed by atoms with Gasteiger partial charge in [-0.1, -0.05) is 20.3 Å². The van der Waals surface area contributed by atoms with Crippen molar-refractivity contribution in [2.45, 2.75) is 33.2 Å². The summed E-state index contributed by atoms with van der Waals surface area (Å²) in [5.41, 5.74) is 0.781. The summed E-state index contributed by atoms with van der Waals surface area (Å²) < 4.78 is 1.44. The first-order valence-corrected chi connectivity index (χ1v) is 6.66. The highest BCUT2D eigenvalue weighted by molar-refractivity contribution is 5.93. The van der Waals surface area contributed by atoms with Crippen molar-refractivity contribution < 1.29 is 14.7 Å². The van der Waals surface area contributed by atoms with E-state index in [0.717, 1.165) is 5.69 Å². The van der Waals surface area contributed by atoms with Crippen LogP contribution in [0.5, 0.6) is 0 Å². The van der Waals surface area contributed by atoms with Crippen LogP contribution in [0.4, 0.5) is 0 Å². The lowest BCUT2D eigenvalue weighted by molar-refractivity contribution is -0.140. The first-order chi connectivity index (χ1) is 9.93. The zero-order valence-electron chi connectivity index (χ0n) is 12.1. The number of carbonyl (C=O) groups is 2. The summed E-state index contributed by atoms with van der Waals surface area (Å²) in [5, 5.41) is 15.7. The van der Waals surface area contributed by atoms with Crippen LogP contribution in [0.3, 0.4) is 0 Å². The number of carbonyl (C=O) groups excluding carboxylic acids is 1. The van der Waals surface area contributed by atoms with E-state index in [1.54, 1.807) is 19.2 Å². The summed E-state index contributed by atoms with van der Waals surface area (Å²) in [6.45, 7) is 5.44. The molecule has 0 radical (unpaired) electrons. The summed E-state index contributed by atoms with van der Waals surface area (Å²) in [5.74, 6) is -1.67. The molecule has 2 unspecified atom stereocenters. The molecule has 0 aromatic carbocycles. The second kappa shape index (κ2) is 5.86. The van der Waals surface area contributed by atoms with Gasteiger partial charge in [-0.25, -0.2) is 14.3 Å². The highest BCUT2D eigenvalue weighted by Gasteiger charge is 2.27. The normalized spacial score (nSPS) is 13.9.